The second-order valence-electron chi connectivity index (χ2n) is 5.19. The molecule has 19 heavy (non-hydrogen) atoms. The number of amides is 1. The summed E-state index contributed by atoms with van der Waals surface area (Å²) in [4.78, 5) is 11.8. The Labute approximate surface area is 113 Å². The van der Waals surface area contributed by atoms with Gasteiger partial charge in [-0.1, -0.05) is 0 Å². The van der Waals surface area contributed by atoms with Crippen molar-refractivity contribution in [1.82, 2.24) is 15.1 Å². The van der Waals surface area contributed by atoms with Crippen LogP contribution in [0.3, 0.4) is 0 Å². The maximum atomic E-state index is 11.8. The molecule has 0 bridgehead atoms. The third kappa shape index (κ3) is 3.33. The Morgan fingerprint density at radius 3 is 3.21 bits per heavy atom. The van der Waals surface area contributed by atoms with E-state index in [2.05, 4.69) is 10.4 Å². The molecule has 0 saturated heterocycles. The number of aliphatic hydroxyl groups excluding tert-OH is 1. The summed E-state index contributed by atoms with van der Waals surface area (Å²) in [6.07, 6.45) is 5.06. The lowest BCUT2D eigenvalue weighted by atomic mass is 9.92. The molecule has 0 radical (unpaired) electrons. The Morgan fingerprint density at radius 1 is 1.74 bits per heavy atom. The molecule has 2 unspecified atom stereocenters. The van der Waals surface area contributed by atoms with E-state index in [9.17, 15) is 4.79 Å². The van der Waals surface area contributed by atoms with Crippen LogP contribution in [-0.2, 0) is 17.8 Å². The van der Waals surface area contributed by atoms with E-state index in [0.29, 0.717) is 13.0 Å². The fraction of sp³-hybridized carbons (Fsp3) is 0.692. The van der Waals surface area contributed by atoms with Gasteiger partial charge >= 0.3 is 0 Å². The van der Waals surface area contributed by atoms with Crippen LogP contribution in [-0.4, -0.2) is 33.4 Å². The molecule has 4 N–H and O–H groups in total. The fourth-order valence-corrected chi connectivity index (χ4v) is 2.60. The SMILES string of the molecule is CC(N)CC(=O)NC1CCCc2c1cnn2CCO. The third-order valence-electron chi connectivity index (χ3n) is 3.42. The standard InChI is InChI=1S/C13H22N4O2/c1-9(14)7-13(19)16-11-3-2-4-12-10(11)8-15-17(12)5-6-18/h8-9,11,18H,2-7,14H2,1H3,(H,16,19). The number of carbonyl (C=O) groups excluding carboxylic acids is 1. The Bertz CT molecular complexity index is 442. The van der Waals surface area contributed by atoms with Crippen molar-refractivity contribution in [3.05, 3.63) is 17.5 Å². The number of hydrogen-bond acceptors (Lipinski definition) is 4. The first-order valence-corrected chi connectivity index (χ1v) is 6.82. The number of carbonyl (C=O) groups is 1. The zero-order valence-electron chi connectivity index (χ0n) is 11.3. The molecule has 0 saturated carbocycles. The van der Waals surface area contributed by atoms with Gasteiger partial charge in [0.2, 0.25) is 5.91 Å². The maximum Gasteiger partial charge on any atom is 0.222 e. The van der Waals surface area contributed by atoms with Crippen LogP contribution in [0.15, 0.2) is 6.20 Å². The average Bonchev–Trinajstić information content (AvgIpc) is 2.73. The molecule has 106 valence electrons. The molecule has 6 nitrogen and oxygen atoms in total. The highest BCUT2D eigenvalue weighted by Gasteiger charge is 2.25. The number of nitrogens with two attached hydrogens (primary N) is 1. The highest BCUT2D eigenvalue weighted by atomic mass is 16.3. The summed E-state index contributed by atoms with van der Waals surface area (Å²) in [6.45, 7) is 2.41. The number of rotatable bonds is 5. The maximum absolute atomic E-state index is 11.8. The Hall–Kier alpha value is -1.40. The van der Waals surface area contributed by atoms with Crippen molar-refractivity contribution < 1.29 is 9.90 Å². The molecule has 0 fully saturated rings. The van der Waals surface area contributed by atoms with E-state index in [1.54, 1.807) is 6.20 Å². The number of nitrogens with zero attached hydrogens (tertiary/aromatic N) is 2. The Morgan fingerprint density at radius 2 is 2.53 bits per heavy atom. The number of fused-ring (bicyclic) bond motifs is 1. The van der Waals surface area contributed by atoms with Crippen LogP contribution in [0, 0.1) is 0 Å². The predicted molar refractivity (Wildman–Crippen MR) is 71.4 cm³/mol. The van der Waals surface area contributed by atoms with Crippen molar-refractivity contribution >= 4 is 5.91 Å². The summed E-state index contributed by atoms with van der Waals surface area (Å²) < 4.78 is 1.83. The normalized spacial score (nSPS) is 19.8. The number of hydrogen-bond donors (Lipinski definition) is 3. The van der Waals surface area contributed by atoms with E-state index < -0.39 is 0 Å². The quantitative estimate of drug-likeness (QED) is 0.705. The van der Waals surface area contributed by atoms with Crippen molar-refractivity contribution in [2.24, 2.45) is 5.73 Å². The van der Waals surface area contributed by atoms with E-state index in [-0.39, 0.29) is 24.6 Å². The van der Waals surface area contributed by atoms with Crippen molar-refractivity contribution in [3.63, 3.8) is 0 Å². The van der Waals surface area contributed by atoms with Crippen LogP contribution in [0.4, 0.5) is 0 Å². The minimum Gasteiger partial charge on any atom is -0.394 e. The van der Waals surface area contributed by atoms with Crippen LogP contribution in [0.1, 0.15) is 43.5 Å². The van der Waals surface area contributed by atoms with E-state index >= 15 is 0 Å². The van der Waals surface area contributed by atoms with Gasteiger partial charge in [0.15, 0.2) is 0 Å². The number of nitrogens with one attached hydrogen (secondary N) is 1. The van der Waals surface area contributed by atoms with Gasteiger partial charge in [0.25, 0.3) is 0 Å². The van der Waals surface area contributed by atoms with Crippen molar-refractivity contribution in [2.75, 3.05) is 6.61 Å². The summed E-state index contributed by atoms with van der Waals surface area (Å²) >= 11 is 0. The van der Waals surface area contributed by atoms with Gasteiger partial charge in [-0.2, -0.15) is 5.10 Å². The van der Waals surface area contributed by atoms with Crippen molar-refractivity contribution in [2.45, 2.75) is 51.2 Å². The molecular formula is C13H22N4O2. The lowest BCUT2D eigenvalue weighted by Gasteiger charge is -2.24. The zero-order chi connectivity index (χ0) is 13.8. The first kappa shape index (κ1) is 14.0. The topological polar surface area (TPSA) is 93.2 Å². The molecule has 1 heterocycles. The van der Waals surface area contributed by atoms with Crippen LogP contribution in [0.2, 0.25) is 0 Å². The van der Waals surface area contributed by atoms with E-state index in [1.165, 1.54) is 0 Å². The Balaban J connectivity index is 2.07. The van der Waals surface area contributed by atoms with Gasteiger partial charge in [-0.05, 0) is 26.2 Å². The molecule has 0 aromatic carbocycles. The molecule has 1 aliphatic carbocycles. The molecule has 1 aromatic heterocycles. The Kier molecular flexibility index (Phi) is 4.55. The van der Waals surface area contributed by atoms with Gasteiger partial charge in [0.05, 0.1) is 25.4 Å². The molecule has 0 spiro atoms. The lowest BCUT2D eigenvalue weighted by Crippen LogP contribution is -2.34. The summed E-state index contributed by atoms with van der Waals surface area (Å²) in [5.74, 6) is -0.0113. The van der Waals surface area contributed by atoms with Gasteiger partial charge in [0.1, 0.15) is 0 Å². The van der Waals surface area contributed by atoms with Crippen LogP contribution < -0.4 is 11.1 Å². The van der Waals surface area contributed by atoms with E-state index in [0.717, 1.165) is 30.5 Å². The highest BCUT2D eigenvalue weighted by Crippen LogP contribution is 2.29. The lowest BCUT2D eigenvalue weighted by molar-refractivity contribution is -0.122. The molecular weight excluding hydrogens is 244 g/mol. The van der Waals surface area contributed by atoms with Gasteiger partial charge in [-0.25, -0.2) is 0 Å². The minimum atomic E-state index is -0.125. The van der Waals surface area contributed by atoms with Crippen molar-refractivity contribution in [1.29, 1.82) is 0 Å². The average molecular weight is 266 g/mol. The van der Waals surface area contributed by atoms with Gasteiger partial charge in [-0.3, -0.25) is 9.48 Å². The molecule has 0 aliphatic heterocycles. The van der Waals surface area contributed by atoms with Crippen molar-refractivity contribution in [3.8, 4) is 0 Å². The summed E-state index contributed by atoms with van der Waals surface area (Å²) in [5, 5.41) is 16.3. The molecule has 1 aliphatic rings. The summed E-state index contributed by atoms with van der Waals surface area (Å²) in [5.41, 5.74) is 7.84. The van der Waals surface area contributed by atoms with Gasteiger partial charge in [-0.15, -0.1) is 0 Å². The fourth-order valence-electron chi connectivity index (χ4n) is 2.60. The van der Waals surface area contributed by atoms with E-state index in [1.807, 2.05) is 11.6 Å². The van der Waals surface area contributed by atoms with Gasteiger partial charge < -0.3 is 16.2 Å². The summed E-state index contributed by atoms with van der Waals surface area (Å²) in [7, 11) is 0. The first-order valence-electron chi connectivity index (χ1n) is 6.82. The summed E-state index contributed by atoms with van der Waals surface area (Å²) in [6, 6.07) is -0.0948. The minimum absolute atomic E-state index is 0.0113. The number of aromatic nitrogens is 2. The molecule has 1 amide bonds. The number of aliphatic hydroxyl groups is 1. The third-order valence-corrected chi connectivity index (χ3v) is 3.42. The highest BCUT2D eigenvalue weighted by molar-refractivity contribution is 5.77. The predicted octanol–water partition coefficient (Wildman–Crippen LogP) is 0.106. The largest absolute Gasteiger partial charge is 0.394 e. The van der Waals surface area contributed by atoms with Crippen LogP contribution in [0.25, 0.3) is 0 Å². The smallest absolute Gasteiger partial charge is 0.222 e. The van der Waals surface area contributed by atoms with Crippen LogP contribution >= 0.6 is 0 Å². The second kappa shape index (κ2) is 6.16. The molecule has 2 rings (SSSR count). The first-order chi connectivity index (χ1) is 9.11. The molecule has 1 aromatic rings. The zero-order valence-corrected chi connectivity index (χ0v) is 11.3. The van der Waals surface area contributed by atoms with E-state index in [4.69, 9.17) is 10.8 Å². The second-order valence-corrected chi connectivity index (χ2v) is 5.19. The molecule has 2 atom stereocenters. The van der Waals surface area contributed by atoms with Gasteiger partial charge in [0, 0.05) is 23.7 Å². The monoisotopic (exact) mass is 266 g/mol. The van der Waals surface area contributed by atoms with Crippen LogP contribution in [0.5, 0.6) is 0 Å². The molecule has 6 heteroatoms.